The Kier molecular flexibility index (Phi) is 3.48. The fraction of sp³-hybridized carbons (Fsp3) is 0.0769. The summed E-state index contributed by atoms with van der Waals surface area (Å²) >= 11 is 5.98. The minimum absolute atomic E-state index is 0.234. The summed E-state index contributed by atoms with van der Waals surface area (Å²) in [5.74, 6) is 0.244. The van der Waals surface area contributed by atoms with Crippen LogP contribution in [0.3, 0.4) is 0 Å². The number of furan rings is 1. The van der Waals surface area contributed by atoms with Gasteiger partial charge in [0.1, 0.15) is 5.76 Å². The van der Waals surface area contributed by atoms with Gasteiger partial charge in [-0.15, -0.1) is 0 Å². The number of aldehydes is 1. The van der Waals surface area contributed by atoms with Crippen molar-refractivity contribution in [2.75, 3.05) is 7.11 Å². The highest BCUT2D eigenvalue weighted by Crippen LogP contribution is 2.27. The molecule has 5 heteroatoms. The number of ether oxygens (including phenoxy) is 1. The number of carbonyl (C=O) groups excluding carboxylic acids is 2. The van der Waals surface area contributed by atoms with Crippen LogP contribution in [0.4, 0.5) is 0 Å². The molecule has 0 aliphatic heterocycles. The zero-order valence-electron chi connectivity index (χ0n) is 9.48. The third kappa shape index (κ3) is 2.28. The summed E-state index contributed by atoms with van der Waals surface area (Å²) < 4.78 is 9.85. The van der Waals surface area contributed by atoms with Crippen molar-refractivity contribution in [2.24, 2.45) is 0 Å². The number of methoxy groups -OCH3 is 1. The molecule has 0 saturated carbocycles. The lowest BCUT2D eigenvalue weighted by Gasteiger charge is -2.03. The van der Waals surface area contributed by atoms with E-state index >= 15 is 0 Å². The summed E-state index contributed by atoms with van der Waals surface area (Å²) in [5.41, 5.74) is 0.964. The Morgan fingerprint density at radius 3 is 2.67 bits per heavy atom. The highest BCUT2D eigenvalue weighted by atomic mass is 35.5. The molecule has 0 unspecified atom stereocenters. The molecule has 0 saturated heterocycles. The predicted octanol–water partition coefficient (Wildman–Crippen LogP) is 3.20. The summed E-state index contributed by atoms with van der Waals surface area (Å²) in [6.45, 7) is 0. The quantitative estimate of drug-likeness (QED) is 0.631. The molecule has 1 heterocycles. The molecule has 1 aromatic carbocycles. The van der Waals surface area contributed by atoms with E-state index in [1.807, 2.05) is 0 Å². The Balaban J connectivity index is 2.39. The monoisotopic (exact) mass is 264 g/mol. The highest BCUT2D eigenvalue weighted by molar-refractivity contribution is 6.33. The topological polar surface area (TPSA) is 56.5 Å². The number of carbonyl (C=O) groups is 2. The van der Waals surface area contributed by atoms with Crippen LogP contribution in [0.2, 0.25) is 5.02 Å². The van der Waals surface area contributed by atoms with Gasteiger partial charge in [-0.3, -0.25) is 4.79 Å². The normalized spacial score (nSPS) is 10.1. The van der Waals surface area contributed by atoms with Crippen LogP contribution in [-0.4, -0.2) is 19.4 Å². The molecule has 92 valence electrons. The molecule has 0 atom stereocenters. The van der Waals surface area contributed by atoms with Gasteiger partial charge in [-0.05, 0) is 24.3 Å². The van der Waals surface area contributed by atoms with Crippen LogP contribution in [0.1, 0.15) is 20.9 Å². The molecule has 0 aliphatic carbocycles. The summed E-state index contributed by atoms with van der Waals surface area (Å²) in [6, 6.07) is 8.02. The first-order valence-corrected chi connectivity index (χ1v) is 5.46. The van der Waals surface area contributed by atoms with Crippen molar-refractivity contribution in [1.29, 1.82) is 0 Å². The average Bonchev–Trinajstić information content (AvgIpc) is 2.86. The third-order valence-corrected chi connectivity index (χ3v) is 2.71. The van der Waals surface area contributed by atoms with Gasteiger partial charge < -0.3 is 9.15 Å². The fourth-order valence-corrected chi connectivity index (χ4v) is 1.77. The molecule has 0 N–H and O–H groups in total. The first-order valence-electron chi connectivity index (χ1n) is 5.09. The number of rotatable bonds is 3. The lowest BCUT2D eigenvalue weighted by atomic mass is 10.1. The van der Waals surface area contributed by atoms with E-state index in [0.29, 0.717) is 17.6 Å². The van der Waals surface area contributed by atoms with E-state index < -0.39 is 5.97 Å². The molecule has 0 radical (unpaired) electrons. The molecule has 0 fully saturated rings. The maximum Gasteiger partial charge on any atom is 0.339 e. The molecule has 0 spiro atoms. The second kappa shape index (κ2) is 5.06. The minimum Gasteiger partial charge on any atom is -0.465 e. The molecule has 0 amide bonds. The Labute approximate surface area is 108 Å². The van der Waals surface area contributed by atoms with Gasteiger partial charge in [-0.25, -0.2) is 4.79 Å². The largest absolute Gasteiger partial charge is 0.465 e. The van der Waals surface area contributed by atoms with Crippen molar-refractivity contribution in [2.45, 2.75) is 0 Å². The first-order chi connectivity index (χ1) is 8.65. The van der Waals surface area contributed by atoms with Gasteiger partial charge in [0, 0.05) is 5.56 Å². The summed E-state index contributed by atoms with van der Waals surface area (Å²) in [5, 5.41) is 0.267. The second-order valence-corrected chi connectivity index (χ2v) is 3.91. The average molecular weight is 265 g/mol. The number of halogens is 1. The Hall–Kier alpha value is -2.07. The molecule has 1 aromatic heterocycles. The smallest absolute Gasteiger partial charge is 0.339 e. The van der Waals surface area contributed by atoms with Crippen LogP contribution >= 0.6 is 11.6 Å². The molecule has 2 aromatic rings. The van der Waals surface area contributed by atoms with Gasteiger partial charge in [0.2, 0.25) is 0 Å². The lowest BCUT2D eigenvalue weighted by Crippen LogP contribution is -2.01. The van der Waals surface area contributed by atoms with Gasteiger partial charge >= 0.3 is 5.97 Å². The van der Waals surface area contributed by atoms with Crippen molar-refractivity contribution in [3.05, 3.63) is 46.7 Å². The minimum atomic E-state index is -0.500. The van der Waals surface area contributed by atoms with E-state index in [4.69, 9.17) is 16.0 Å². The first kappa shape index (κ1) is 12.4. The van der Waals surface area contributed by atoms with Gasteiger partial charge in [-0.1, -0.05) is 17.7 Å². The van der Waals surface area contributed by atoms with Crippen LogP contribution in [0, 0.1) is 0 Å². The van der Waals surface area contributed by atoms with Crippen LogP contribution in [0.15, 0.2) is 34.7 Å². The van der Waals surface area contributed by atoms with Crippen LogP contribution in [0.5, 0.6) is 0 Å². The summed E-state index contributed by atoms with van der Waals surface area (Å²) in [7, 11) is 1.29. The second-order valence-electron chi connectivity index (χ2n) is 3.51. The summed E-state index contributed by atoms with van der Waals surface area (Å²) in [6.07, 6.45) is 0.619. The van der Waals surface area contributed by atoms with E-state index in [1.165, 1.54) is 7.11 Å². The van der Waals surface area contributed by atoms with E-state index in [0.717, 1.165) is 0 Å². The van der Waals surface area contributed by atoms with Crippen LogP contribution in [-0.2, 0) is 4.74 Å². The van der Waals surface area contributed by atoms with E-state index in [-0.39, 0.29) is 16.3 Å². The van der Waals surface area contributed by atoms with Gasteiger partial charge in [0.15, 0.2) is 12.0 Å². The van der Waals surface area contributed by atoms with Crippen molar-refractivity contribution in [3.8, 4) is 11.3 Å². The fourth-order valence-electron chi connectivity index (χ4n) is 1.52. The molecule has 4 nitrogen and oxygen atoms in total. The highest BCUT2D eigenvalue weighted by Gasteiger charge is 2.12. The molecule has 18 heavy (non-hydrogen) atoms. The van der Waals surface area contributed by atoms with Crippen LogP contribution < -0.4 is 0 Å². The zero-order valence-corrected chi connectivity index (χ0v) is 10.2. The van der Waals surface area contributed by atoms with Crippen molar-refractivity contribution in [3.63, 3.8) is 0 Å². The van der Waals surface area contributed by atoms with Crippen molar-refractivity contribution < 1.29 is 18.7 Å². The maximum atomic E-state index is 11.4. The van der Waals surface area contributed by atoms with Crippen molar-refractivity contribution in [1.82, 2.24) is 0 Å². The lowest BCUT2D eigenvalue weighted by molar-refractivity contribution is 0.0601. The molecular formula is C13H9ClO4. The summed E-state index contributed by atoms with van der Waals surface area (Å²) in [4.78, 5) is 21.9. The molecular weight excluding hydrogens is 256 g/mol. The number of hydrogen-bond donors (Lipinski definition) is 0. The van der Waals surface area contributed by atoms with Crippen LogP contribution in [0.25, 0.3) is 11.3 Å². The zero-order chi connectivity index (χ0) is 13.1. The Bertz CT molecular complexity index is 601. The van der Waals surface area contributed by atoms with Gasteiger partial charge in [-0.2, -0.15) is 0 Å². The third-order valence-electron chi connectivity index (χ3n) is 2.40. The van der Waals surface area contributed by atoms with E-state index in [2.05, 4.69) is 4.74 Å². The Morgan fingerprint density at radius 1 is 1.33 bits per heavy atom. The van der Waals surface area contributed by atoms with Crippen molar-refractivity contribution >= 4 is 23.9 Å². The maximum absolute atomic E-state index is 11.4. The number of benzene rings is 1. The molecule has 2 rings (SSSR count). The standard InChI is InChI=1S/C13H9ClO4/c1-17-13(16)10-4-2-8(6-11(10)14)12-5-3-9(7-15)18-12/h2-7H,1H3. The number of hydrogen-bond acceptors (Lipinski definition) is 4. The SMILES string of the molecule is COC(=O)c1ccc(-c2ccc(C=O)o2)cc1Cl. The molecule has 0 aliphatic rings. The van der Waals surface area contributed by atoms with E-state index in [9.17, 15) is 9.59 Å². The van der Waals surface area contributed by atoms with Gasteiger partial charge in [0.25, 0.3) is 0 Å². The molecule has 0 bridgehead atoms. The van der Waals surface area contributed by atoms with E-state index in [1.54, 1.807) is 30.3 Å². The number of esters is 1. The Morgan fingerprint density at radius 2 is 2.11 bits per heavy atom. The predicted molar refractivity (Wildman–Crippen MR) is 65.9 cm³/mol. The van der Waals surface area contributed by atoms with Gasteiger partial charge in [0.05, 0.1) is 17.7 Å².